The Labute approximate surface area is 134 Å². The molecule has 5 nitrogen and oxygen atoms in total. The van der Waals surface area contributed by atoms with Crippen LogP contribution in [0.15, 0.2) is 23.1 Å². The summed E-state index contributed by atoms with van der Waals surface area (Å²) in [7, 11) is 0. The highest BCUT2D eigenvalue weighted by molar-refractivity contribution is 7.98. The number of benzene rings is 1. The maximum atomic E-state index is 12.1. The molecule has 1 aliphatic rings. The van der Waals surface area contributed by atoms with E-state index < -0.39 is 5.97 Å². The van der Waals surface area contributed by atoms with Crippen molar-refractivity contribution < 1.29 is 14.7 Å². The average molecular weight is 322 g/mol. The molecule has 3 N–H and O–H groups in total. The molecule has 22 heavy (non-hydrogen) atoms. The average Bonchev–Trinajstić information content (AvgIpc) is 2.50. The van der Waals surface area contributed by atoms with E-state index in [0.717, 1.165) is 16.1 Å². The lowest BCUT2D eigenvalue weighted by Crippen LogP contribution is -2.41. The Morgan fingerprint density at radius 1 is 1.23 bits per heavy atom. The summed E-state index contributed by atoms with van der Waals surface area (Å²) in [5, 5.41) is 14.8. The van der Waals surface area contributed by atoms with E-state index in [1.54, 1.807) is 11.8 Å². The summed E-state index contributed by atoms with van der Waals surface area (Å²) in [5.41, 5.74) is 1.83. The topological polar surface area (TPSA) is 78.4 Å². The van der Waals surface area contributed by atoms with Gasteiger partial charge in [0.15, 0.2) is 0 Å². The van der Waals surface area contributed by atoms with Crippen LogP contribution in [-0.2, 0) is 4.79 Å². The third-order valence-electron chi connectivity index (χ3n) is 4.10. The number of carbonyl (C=O) groups is 2. The second-order valence-electron chi connectivity index (χ2n) is 5.67. The minimum atomic E-state index is -0.729. The first-order valence-corrected chi connectivity index (χ1v) is 8.67. The van der Waals surface area contributed by atoms with E-state index in [0.29, 0.717) is 25.7 Å². The number of nitrogens with one attached hydrogen (secondary N) is 2. The van der Waals surface area contributed by atoms with Crippen LogP contribution in [-0.4, -0.2) is 29.4 Å². The van der Waals surface area contributed by atoms with Crippen LogP contribution in [0.25, 0.3) is 0 Å². The molecule has 0 bridgehead atoms. The molecule has 0 saturated heterocycles. The van der Waals surface area contributed by atoms with Gasteiger partial charge in [-0.15, -0.1) is 11.8 Å². The standard InChI is InChI=1S/C16H22N2O3S/c1-10-3-8-13(22-2)9-14(10)18-16(21)17-12-6-4-11(5-7-12)15(19)20/h3,8-9,11-12H,4-7H2,1-2H3,(H,19,20)(H2,17,18,21). The summed E-state index contributed by atoms with van der Waals surface area (Å²) in [5.74, 6) is -0.992. The summed E-state index contributed by atoms with van der Waals surface area (Å²) >= 11 is 1.63. The Morgan fingerprint density at radius 3 is 2.50 bits per heavy atom. The largest absolute Gasteiger partial charge is 0.481 e. The molecule has 0 atom stereocenters. The van der Waals surface area contributed by atoms with E-state index in [1.807, 2.05) is 31.4 Å². The first-order valence-electron chi connectivity index (χ1n) is 7.44. The van der Waals surface area contributed by atoms with Crippen molar-refractivity contribution in [1.29, 1.82) is 0 Å². The van der Waals surface area contributed by atoms with Crippen molar-refractivity contribution in [2.75, 3.05) is 11.6 Å². The van der Waals surface area contributed by atoms with Gasteiger partial charge in [-0.2, -0.15) is 0 Å². The van der Waals surface area contributed by atoms with Gasteiger partial charge in [-0.1, -0.05) is 6.07 Å². The number of aryl methyl sites for hydroxylation is 1. The lowest BCUT2D eigenvalue weighted by molar-refractivity contribution is -0.142. The molecule has 2 rings (SSSR count). The van der Waals surface area contributed by atoms with E-state index in [9.17, 15) is 9.59 Å². The normalized spacial score (nSPS) is 21.2. The van der Waals surface area contributed by atoms with Gasteiger partial charge in [-0.05, 0) is 56.6 Å². The minimum Gasteiger partial charge on any atom is -0.481 e. The van der Waals surface area contributed by atoms with Gasteiger partial charge in [-0.3, -0.25) is 4.79 Å². The third-order valence-corrected chi connectivity index (χ3v) is 4.83. The minimum absolute atomic E-state index is 0.0552. The predicted octanol–water partition coefficient (Wildman–Crippen LogP) is 3.48. The maximum Gasteiger partial charge on any atom is 0.319 e. The predicted molar refractivity (Wildman–Crippen MR) is 88.5 cm³/mol. The van der Waals surface area contributed by atoms with Gasteiger partial charge in [0.2, 0.25) is 0 Å². The SMILES string of the molecule is CSc1ccc(C)c(NC(=O)NC2CCC(C(=O)O)CC2)c1. The highest BCUT2D eigenvalue weighted by atomic mass is 32.2. The number of hydrogen-bond acceptors (Lipinski definition) is 3. The summed E-state index contributed by atoms with van der Waals surface area (Å²) in [6.45, 7) is 1.96. The Kier molecular flexibility index (Phi) is 5.71. The molecule has 120 valence electrons. The number of anilines is 1. The highest BCUT2D eigenvalue weighted by Gasteiger charge is 2.26. The molecule has 1 saturated carbocycles. The van der Waals surface area contributed by atoms with Crippen molar-refractivity contribution >= 4 is 29.4 Å². The number of hydrogen-bond donors (Lipinski definition) is 3. The van der Waals surface area contributed by atoms with Gasteiger partial charge in [0.25, 0.3) is 0 Å². The van der Waals surface area contributed by atoms with Crippen molar-refractivity contribution in [2.45, 2.75) is 43.5 Å². The van der Waals surface area contributed by atoms with Crippen LogP contribution in [0.5, 0.6) is 0 Å². The molecule has 1 fully saturated rings. The molecule has 0 unspecified atom stereocenters. The molecular formula is C16H22N2O3S. The number of carboxylic acid groups (broad SMARTS) is 1. The lowest BCUT2D eigenvalue weighted by atomic mass is 9.86. The number of amides is 2. The van der Waals surface area contributed by atoms with Crippen LogP contribution in [0, 0.1) is 12.8 Å². The van der Waals surface area contributed by atoms with Crippen LogP contribution in [0.1, 0.15) is 31.2 Å². The molecule has 2 amide bonds. The van der Waals surface area contributed by atoms with Gasteiger partial charge in [0.1, 0.15) is 0 Å². The zero-order valence-electron chi connectivity index (χ0n) is 12.9. The molecular weight excluding hydrogens is 300 g/mol. The monoisotopic (exact) mass is 322 g/mol. The molecule has 6 heteroatoms. The number of carbonyl (C=O) groups excluding carboxylic acids is 1. The molecule has 0 aromatic heterocycles. The second kappa shape index (κ2) is 7.54. The molecule has 1 aliphatic carbocycles. The first-order chi connectivity index (χ1) is 10.5. The Balaban J connectivity index is 1.87. The van der Waals surface area contributed by atoms with Gasteiger partial charge in [0.05, 0.1) is 5.92 Å². The quantitative estimate of drug-likeness (QED) is 0.742. The first kappa shape index (κ1) is 16.7. The Bertz CT molecular complexity index is 554. The fourth-order valence-corrected chi connectivity index (χ4v) is 3.13. The van der Waals surface area contributed by atoms with E-state index in [-0.39, 0.29) is 18.0 Å². The molecule has 0 heterocycles. The van der Waals surface area contributed by atoms with Gasteiger partial charge in [-0.25, -0.2) is 4.79 Å². The second-order valence-corrected chi connectivity index (χ2v) is 6.55. The number of rotatable bonds is 4. The van der Waals surface area contributed by atoms with Crippen LogP contribution in [0.4, 0.5) is 10.5 Å². The number of aliphatic carboxylic acids is 1. The molecule has 0 radical (unpaired) electrons. The van der Waals surface area contributed by atoms with Crippen LogP contribution in [0.3, 0.4) is 0 Å². The summed E-state index contributed by atoms with van der Waals surface area (Å²) in [6, 6.07) is 5.80. The zero-order valence-corrected chi connectivity index (χ0v) is 13.7. The van der Waals surface area contributed by atoms with E-state index in [1.165, 1.54) is 0 Å². The lowest BCUT2D eigenvalue weighted by Gasteiger charge is -2.27. The van der Waals surface area contributed by atoms with Gasteiger partial charge in [0, 0.05) is 16.6 Å². The summed E-state index contributed by atoms with van der Waals surface area (Å²) < 4.78 is 0. The molecule has 1 aromatic carbocycles. The molecule has 0 aliphatic heterocycles. The number of carboxylic acids is 1. The van der Waals surface area contributed by atoms with Gasteiger partial charge >= 0.3 is 12.0 Å². The fraction of sp³-hybridized carbons (Fsp3) is 0.500. The van der Waals surface area contributed by atoms with Crippen LogP contribution in [0.2, 0.25) is 0 Å². The highest BCUT2D eigenvalue weighted by Crippen LogP contribution is 2.25. The Morgan fingerprint density at radius 2 is 1.91 bits per heavy atom. The zero-order chi connectivity index (χ0) is 16.1. The fourth-order valence-electron chi connectivity index (χ4n) is 2.69. The number of urea groups is 1. The third kappa shape index (κ3) is 4.40. The molecule has 1 aromatic rings. The van der Waals surface area contributed by atoms with Crippen LogP contribution >= 0.6 is 11.8 Å². The van der Waals surface area contributed by atoms with E-state index >= 15 is 0 Å². The van der Waals surface area contributed by atoms with Crippen molar-refractivity contribution in [3.63, 3.8) is 0 Å². The summed E-state index contributed by atoms with van der Waals surface area (Å²) in [6.07, 6.45) is 4.68. The summed E-state index contributed by atoms with van der Waals surface area (Å²) in [4.78, 5) is 24.1. The van der Waals surface area contributed by atoms with Crippen molar-refractivity contribution in [3.8, 4) is 0 Å². The smallest absolute Gasteiger partial charge is 0.319 e. The molecule has 0 spiro atoms. The van der Waals surface area contributed by atoms with Crippen molar-refractivity contribution in [2.24, 2.45) is 5.92 Å². The maximum absolute atomic E-state index is 12.1. The van der Waals surface area contributed by atoms with Crippen LogP contribution < -0.4 is 10.6 Å². The number of thioether (sulfide) groups is 1. The van der Waals surface area contributed by atoms with Crippen molar-refractivity contribution in [1.82, 2.24) is 5.32 Å². The van der Waals surface area contributed by atoms with Crippen molar-refractivity contribution in [3.05, 3.63) is 23.8 Å². The van der Waals surface area contributed by atoms with E-state index in [2.05, 4.69) is 10.6 Å². The van der Waals surface area contributed by atoms with Gasteiger partial charge < -0.3 is 15.7 Å². The Hall–Kier alpha value is -1.69. The van der Waals surface area contributed by atoms with E-state index in [4.69, 9.17) is 5.11 Å².